The number of rotatable bonds is 3. The second kappa shape index (κ2) is 5.20. The number of amides is 1. The summed E-state index contributed by atoms with van der Waals surface area (Å²) in [4.78, 5) is 11.1. The Kier molecular flexibility index (Phi) is 4.91. The van der Waals surface area contributed by atoms with Gasteiger partial charge in [0, 0.05) is 12.1 Å². The van der Waals surface area contributed by atoms with Gasteiger partial charge in [0.05, 0.1) is 0 Å². The predicted octanol–water partition coefficient (Wildman–Crippen LogP) is 1.49. The first-order valence-electron chi connectivity index (χ1n) is 4.92. The van der Waals surface area contributed by atoms with Gasteiger partial charge in [-0.05, 0) is 19.3 Å². The Labute approximate surface area is 86.2 Å². The Hall–Kier alpha value is -0.770. The van der Waals surface area contributed by atoms with Crippen LogP contribution in [0.4, 0.5) is 4.79 Å². The van der Waals surface area contributed by atoms with E-state index in [1.54, 1.807) is 0 Å². The second-order valence-electron chi connectivity index (χ2n) is 4.87. The maximum atomic E-state index is 11.1. The average molecular weight is 202 g/mol. The Morgan fingerprint density at radius 1 is 1.43 bits per heavy atom. The highest BCUT2D eigenvalue weighted by atomic mass is 16.5. The monoisotopic (exact) mass is 202 g/mol. The molecular formula is C10H22N2O2. The molecule has 0 aliphatic heterocycles. The highest BCUT2D eigenvalue weighted by Gasteiger charge is 2.21. The Morgan fingerprint density at radius 2 is 1.93 bits per heavy atom. The van der Waals surface area contributed by atoms with Crippen molar-refractivity contribution in [3.8, 4) is 0 Å². The van der Waals surface area contributed by atoms with Crippen molar-refractivity contribution in [1.82, 2.24) is 5.32 Å². The van der Waals surface area contributed by atoms with Crippen LogP contribution in [0.5, 0.6) is 0 Å². The number of hydrogen-bond acceptors (Lipinski definition) is 3. The van der Waals surface area contributed by atoms with Crippen molar-refractivity contribution in [2.45, 2.75) is 46.7 Å². The van der Waals surface area contributed by atoms with E-state index in [9.17, 15) is 4.79 Å². The van der Waals surface area contributed by atoms with Crippen LogP contribution in [-0.2, 0) is 4.74 Å². The second-order valence-corrected chi connectivity index (χ2v) is 4.87. The molecule has 84 valence electrons. The van der Waals surface area contributed by atoms with Crippen molar-refractivity contribution in [3.05, 3.63) is 0 Å². The highest BCUT2D eigenvalue weighted by Crippen LogP contribution is 2.17. The van der Waals surface area contributed by atoms with Crippen molar-refractivity contribution in [3.63, 3.8) is 0 Å². The smallest absolute Gasteiger partial charge is 0.407 e. The molecule has 3 N–H and O–H groups in total. The van der Waals surface area contributed by atoms with Gasteiger partial charge in [-0.25, -0.2) is 4.79 Å². The van der Waals surface area contributed by atoms with E-state index in [-0.39, 0.29) is 24.1 Å². The SMILES string of the molecule is CC(C)NC(=O)OC[C@@H](N)C(C)(C)C. The van der Waals surface area contributed by atoms with Gasteiger partial charge in [-0.1, -0.05) is 20.8 Å². The lowest BCUT2D eigenvalue weighted by Crippen LogP contribution is -2.41. The third-order valence-electron chi connectivity index (χ3n) is 1.91. The molecule has 0 aromatic carbocycles. The fraction of sp³-hybridized carbons (Fsp3) is 0.900. The van der Waals surface area contributed by atoms with Gasteiger partial charge in [0.1, 0.15) is 6.61 Å². The minimum absolute atomic E-state index is 0.0435. The molecule has 0 aromatic rings. The van der Waals surface area contributed by atoms with E-state index in [2.05, 4.69) is 5.32 Å². The summed E-state index contributed by atoms with van der Waals surface area (Å²) in [5, 5.41) is 2.63. The molecule has 4 heteroatoms. The topological polar surface area (TPSA) is 64.3 Å². The zero-order valence-corrected chi connectivity index (χ0v) is 9.76. The number of carbonyl (C=O) groups excluding carboxylic acids is 1. The molecule has 0 saturated carbocycles. The Morgan fingerprint density at radius 3 is 2.29 bits per heavy atom. The van der Waals surface area contributed by atoms with Crippen molar-refractivity contribution in [1.29, 1.82) is 0 Å². The van der Waals surface area contributed by atoms with Crippen molar-refractivity contribution < 1.29 is 9.53 Å². The first-order chi connectivity index (χ1) is 6.23. The minimum atomic E-state index is -0.403. The molecule has 0 heterocycles. The molecule has 4 nitrogen and oxygen atoms in total. The third kappa shape index (κ3) is 5.80. The zero-order valence-electron chi connectivity index (χ0n) is 9.76. The standard InChI is InChI=1S/C10H22N2O2/c1-7(2)12-9(13)14-6-8(11)10(3,4)5/h7-8H,6,11H2,1-5H3,(H,12,13)/t8-/m1/s1. The number of nitrogens with two attached hydrogens (primary N) is 1. The first kappa shape index (κ1) is 13.2. The molecule has 0 aliphatic carbocycles. The van der Waals surface area contributed by atoms with Gasteiger partial charge in [-0.2, -0.15) is 0 Å². The molecule has 14 heavy (non-hydrogen) atoms. The Bertz CT molecular complexity index is 185. The molecule has 0 saturated heterocycles. The van der Waals surface area contributed by atoms with Crippen LogP contribution in [0, 0.1) is 5.41 Å². The lowest BCUT2D eigenvalue weighted by Gasteiger charge is -2.26. The van der Waals surface area contributed by atoms with Gasteiger partial charge < -0.3 is 15.8 Å². The van der Waals surface area contributed by atoms with E-state index in [1.165, 1.54) is 0 Å². The van der Waals surface area contributed by atoms with Crippen LogP contribution < -0.4 is 11.1 Å². The van der Waals surface area contributed by atoms with Gasteiger partial charge in [-0.3, -0.25) is 0 Å². The van der Waals surface area contributed by atoms with Gasteiger partial charge in [0.2, 0.25) is 0 Å². The predicted molar refractivity (Wildman–Crippen MR) is 57.1 cm³/mol. The average Bonchev–Trinajstić information content (AvgIpc) is 1.96. The van der Waals surface area contributed by atoms with Crippen LogP contribution >= 0.6 is 0 Å². The summed E-state index contributed by atoms with van der Waals surface area (Å²) in [5.41, 5.74) is 5.78. The van der Waals surface area contributed by atoms with Gasteiger partial charge >= 0.3 is 6.09 Å². The summed E-state index contributed by atoms with van der Waals surface area (Å²) >= 11 is 0. The zero-order chi connectivity index (χ0) is 11.4. The van der Waals surface area contributed by atoms with E-state index in [1.807, 2.05) is 34.6 Å². The maximum Gasteiger partial charge on any atom is 0.407 e. The minimum Gasteiger partial charge on any atom is -0.448 e. The van der Waals surface area contributed by atoms with E-state index in [0.29, 0.717) is 0 Å². The normalized spacial score (nSPS) is 13.9. The summed E-state index contributed by atoms with van der Waals surface area (Å²) in [6.45, 7) is 10.1. The van der Waals surface area contributed by atoms with Crippen molar-refractivity contribution in [2.24, 2.45) is 11.1 Å². The van der Waals surface area contributed by atoms with Crippen LogP contribution in [-0.4, -0.2) is 24.8 Å². The lowest BCUT2D eigenvalue weighted by molar-refractivity contribution is 0.117. The molecular weight excluding hydrogens is 180 g/mol. The summed E-state index contributed by atoms with van der Waals surface area (Å²) in [6, 6.07) is -0.0474. The quantitative estimate of drug-likeness (QED) is 0.729. The summed E-state index contributed by atoms with van der Waals surface area (Å²) in [6.07, 6.45) is -0.403. The first-order valence-corrected chi connectivity index (χ1v) is 4.92. The number of nitrogens with one attached hydrogen (secondary N) is 1. The van der Waals surface area contributed by atoms with Crippen molar-refractivity contribution in [2.75, 3.05) is 6.61 Å². The summed E-state index contributed by atoms with van der Waals surface area (Å²) in [7, 11) is 0. The summed E-state index contributed by atoms with van der Waals surface area (Å²) < 4.78 is 4.97. The maximum absolute atomic E-state index is 11.1. The number of carbonyl (C=O) groups is 1. The number of hydrogen-bond donors (Lipinski definition) is 2. The fourth-order valence-corrected chi connectivity index (χ4v) is 0.693. The molecule has 0 bridgehead atoms. The van der Waals surface area contributed by atoms with Gasteiger partial charge in [-0.15, -0.1) is 0 Å². The highest BCUT2D eigenvalue weighted by molar-refractivity contribution is 5.67. The molecule has 0 aromatic heterocycles. The van der Waals surface area contributed by atoms with Crippen LogP contribution in [0.3, 0.4) is 0 Å². The number of ether oxygens (including phenoxy) is 1. The molecule has 0 fully saturated rings. The van der Waals surface area contributed by atoms with Crippen LogP contribution in [0.1, 0.15) is 34.6 Å². The Balaban J connectivity index is 3.78. The molecule has 0 radical (unpaired) electrons. The van der Waals surface area contributed by atoms with E-state index < -0.39 is 6.09 Å². The van der Waals surface area contributed by atoms with Crippen LogP contribution in [0.25, 0.3) is 0 Å². The molecule has 0 spiro atoms. The summed E-state index contributed by atoms with van der Waals surface area (Å²) in [5.74, 6) is 0. The molecule has 1 atom stereocenters. The molecule has 0 unspecified atom stereocenters. The van der Waals surface area contributed by atoms with E-state index in [4.69, 9.17) is 10.5 Å². The fourth-order valence-electron chi connectivity index (χ4n) is 0.693. The van der Waals surface area contributed by atoms with E-state index in [0.717, 1.165) is 0 Å². The van der Waals surface area contributed by atoms with Crippen LogP contribution in [0.15, 0.2) is 0 Å². The largest absolute Gasteiger partial charge is 0.448 e. The third-order valence-corrected chi connectivity index (χ3v) is 1.91. The van der Waals surface area contributed by atoms with Crippen LogP contribution in [0.2, 0.25) is 0 Å². The van der Waals surface area contributed by atoms with Crippen molar-refractivity contribution >= 4 is 6.09 Å². The lowest BCUT2D eigenvalue weighted by atomic mass is 9.88. The van der Waals surface area contributed by atoms with Gasteiger partial charge in [0.25, 0.3) is 0 Å². The van der Waals surface area contributed by atoms with E-state index >= 15 is 0 Å². The number of alkyl carbamates (subject to hydrolysis) is 1. The molecule has 0 aliphatic rings. The molecule has 1 amide bonds. The molecule has 0 rings (SSSR count). The van der Waals surface area contributed by atoms with Gasteiger partial charge in [0.15, 0.2) is 0 Å².